The lowest BCUT2D eigenvalue weighted by atomic mass is 9.96. The van der Waals surface area contributed by atoms with Gasteiger partial charge >= 0.3 is 12.1 Å². The Morgan fingerprint density at radius 1 is 0.900 bits per heavy atom. The van der Waals surface area contributed by atoms with Gasteiger partial charge in [-0.3, -0.25) is 0 Å². The van der Waals surface area contributed by atoms with Crippen LogP contribution in [0.2, 0.25) is 0 Å². The lowest BCUT2D eigenvalue weighted by Crippen LogP contribution is -2.51. The molecule has 1 aliphatic carbocycles. The van der Waals surface area contributed by atoms with Gasteiger partial charge in [0.2, 0.25) is 0 Å². The number of nitrogens with one attached hydrogen (secondary N) is 3. The third kappa shape index (κ3) is 5.25. The first kappa shape index (κ1) is 20.1. The maximum absolute atomic E-state index is 12.6. The average Bonchev–Trinajstić information content (AvgIpc) is 3.30. The van der Waals surface area contributed by atoms with Gasteiger partial charge in [0.25, 0.3) is 0 Å². The van der Waals surface area contributed by atoms with Gasteiger partial charge in [-0.25, -0.2) is 14.3 Å². The summed E-state index contributed by atoms with van der Waals surface area (Å²) in [5.41, 5.74) is 1.53. The van der Waals surface area contributed by atoms with Crippen LogP contribution in [0.1, 0.15) is 44.9 Å². The number of urea groups is 2. The van der Waals surface area contributed by atoms with Crippen LogP contribution in [-0.4, -0.2) is 62.3 Å². The molecule has 2 fully saturated rings. The molecular formula is C20H28N8O2. The highest BCUT2D eigenvalue weighted by atomic mass is 16.2. The van der Waals surface area contributed by atoms with E-state index in [9.17, 15) is 9.59 Å². The van der Waals surface area contributed by atoms with Gasteiger partial charge in [0.15, 0.2) is 0 Å². The highest BCUT2D eigenvalue weighted by Crippen LogP contribution is 2.18. The number of hydrogen-bond donors (Lipinski definition) is 3. The number of piperidine rings is 1. The van der Waals surface area contributed by atoms with E-state index in [4.69, 9.17) is 0 Å². The van der Waals surface area contributed by atoms with Gasteiger partial charge < -0.3 is 20.9 Å². The second-order valence-corrected chi connectivity index (χ2v) is 7.95. The first-order chi connectivity index (χ1) is 14.7. The minimum atomic E-state index is -0.129. The number of rotatable bonds is 4. The van der Waals surface area contributed by atoms with Crippen LogP contribution in [0, 0.1) is 0 Å². The number of anilines is 1. The fraction of sp³-hybridized carbons (Fsp3) is 0.550. The summed E-state index contributed by atoms with van der Waals surface area (Å²) in [6.45, 7) is 1.23. The third-order valence-electron chi connectivity index (χ3n) is 5.79. The molecule has 0 unspecified atom stereocenters. The molecule has 0 spiro atoms. The van der Waals surface area contributed by atoms with Crippen LogP contribution in [0.15, 0.2) is 30.6 Å². The van der Waals surface area contributed by atoms with Gasteiger partial charge in [0, 0.05) is 30.9 Å². The molecule has 0 bridgehead atoms. The number of carbonyl (C=O) groups excluding carboxylic acids is 2. The number of hydrogen-bond acceptors (Lipinski definition) is 5. The van der Waals surface area contributed by atoms with E-state index >= 15 is 0 Å². The van der Waals surface area contributed by atoms with Crippen molar-refractivity contribution >= 4 is 17.7 Å². The van der Waals surface area contributed by atoms with Crippen LogP contribution in [0.25, 0.3) is 5.69 Å². The van der Waals surface area contributed by atoms with Crippen LogP contribution in [-0.2, 0) is 0 Å². The van der Waals surface area contributed by atoms with Crippen molar-refractivity contribution in [2.45, 2.75) is 57.0 Å². The lowest BCUT2D eigenvalue weighted by molar-refractivity contribution is 0.186. The van der Waals surface area contributed by atoms with E-state index < -0.39 is 0 Å². The van der Waals surface area contributed by atoms with Crippen molar-refractivity contribution in [1.29, 1.82) is 0 Å². The third-order valence-corrected chi connectivity index (χ3v) is 5.79. The highest BCUT2D eigenvalue weighted by Gasteiger charge is 2.25. The Morgan fingerprint density at radius 3 is 2.20 bits per heavy atom. The Hall–Kier alpha value is -3.17. The molecule has 160 valence electrons. The molecule has 1 aliphatic heterocycles. The summed E-state index contributed by atoms with van der Waals surface area (Å²) in [5, 5.41) is 20.1. The van der Waals surface area contributed by atoms with E-state index in [1.807, 2.05) is 24.3 Å². The normalized spacial score (nSPS) is 18.1. The van der Waals surface area contributed by atoms with Crippen LogP contribution >= 0.6 is 0 Å². The molecule has 0 radical (unpaired) electrons. The molecule has 0 atom stereocenters. The number of nitrogens with zero attached hydrogens (tertiary/aromatic N) is 5. The standard InChI is InChI=1S/C20H28N8O2/c29-19(22-15-4-2-1-3-5-15)23-17-10-12-27(13-11-17)20(30)24-16-6-8-18(9-7-16)28-14-21-25-26-28/h6-9,14-15,17H,1-5,10-13H2,(H,24,30)(H2,22,23,29). The summed E-state index contributed by atoms with van der Waals surface area (Å²) in [4.78, 5) is 26.6. The van der Waals surface area contributed by atoms with Crippen molar-refractivity contribution in [2.75, 3.05) is 18.4 Å². The molecule has 1 aromatic heterocycles. The lowest BCUT2D eigenvalue weighted by Gasteiger charge is -2.33. The number of aromatic nitrogens is 4. The molecule has 2 aromatic rings. The number of likely N-dealkylation sites (tertiary alicyclic amines) is 1. The van der Waals surface area contributed by atoms with Crippen molar-refractivity contribution in [3.63, 3.8) is 0 Å². The maximum Gasteiger partial charge on any atom is 0.321 e. The SMILES string of the molecule is O=C(NC1CCCCC1)NC1CCN(C(=O)Nc2ccc(-n3cnnn3)cc2)CC1. The molecule has 3 N–H and O–H groups in total. The number of tetrazole rings is 1. The fourth-order valence-electron chi connectivity index (χ4n) is 4.07. The van der Waals surface area contributed by atoms with Gasteiger partial charge in [0.05, 0.1) is 5.69 Å². The molecule has 30 heavy (non-hydrogen) atoms. The molecule has 1 saturated carbocycles. The average molecular weight is 412 g/mol. The summed E-state index contributed by atoms with van der Waals surface area (Å²) in [5.74, 6) is 0. The van der Waals surface area contributed by atoms with E-state index in [1.54, 1.807) is 9.58 Å². The second-order valence-electron chi connectivity index (χ2n) is 7.95. The molecule has 1 aromatic carbocycles. The highest BCUT2D eigenvalue weighted by molar-refractivity contribution is 5.89. The number of carbonyl (C=O) groups is 2. The Bertz CT molecular complexity index is 825. The number of benzene rings is 1. The van der Waals surface area contributed by atoms with Crippen LogP contribution in [0.5, 0.6) is 0 Å². The van der Waals surface area contributed by atoms with Crippen LogP contribution < -0.4 is 16.0 Å². The number of amides is 4. The van der Waals surface area contributed by atoms with E-state index in [0.717, 1.165) is 31.4 Å². The smallest absolute Gasteiger partial charge is 0.321 e. The molecule has 2 aliphatic rings. The van der Waals surface area contributed by atoms with Crippen LogP contribution in [0.3, 0.4) is 0 Å². The first-order valence-corrected chi connectivity index (χ1v) is 10.6. The summed E-state index contributed by atoms with van der Waals surface area (Å²) < 4.78 is 1.55. The fourth-order valence-corrected chi connectivity index (χ4v) is 4.07. The molecule has 10 nitrogen and oxygen atoms in total. The summed E-state index contributed by atoms with van der Waals surface area (Å²) in [6, 6.07) is 7.52. The molecule has 4 rings (SSSR count). The van der Waals surface area contributed by atoms with E-state index in [2.05, 4.69) is 31.5 Å². The van der Waals surface area contributed by atoms with Crippen LogP contribution in [0.4, 0.5) is 15.3 Å². The minimum Gasteiger partial charge on any atom is -0.335 e. The van der Waals surface area contributed by atoms with Crippen molar-refractivity contribution in [1.82, 2.24) is 35.7 Å². The van der Waals surface area contributed by atoms with Crippen molar-refractivity contribution in [3.05, 3.63) is 30.6 Å². The van der Waals surface area contributed by atoms with Crippen molar-refractivity contribution in [3.8, 4) is 5.69 Å². The van der Waals surface area contributed by atoms with Gasteiger partial charge in [0.1, 0.15) is 6.33 Å². The van der Waals surface area contributed by atoms with E-state index in [0.29, 0.717) is 24.8 Å². The summed E-state index contributed by atoms with van der Waals surface area (Å²) in [7, 11) is 0. The van der Waals surface area contributed by atoms with Crippen molar-refractivity contribution < 1.29 is 9.59 Å². The van der Waals surface area contributed by atoms with E-state index in [1.165, 1.54) is 25.6 Å². The zero-order valence-electron chi connectivity index (χ0n) is 17.0. The van der Waals surface area contributed by atoms with Gasteiger partial charge in [-0.2, -0.15) is 0 Å². The predicted molar refractivity (Wildman–Crippen MR) is 111 cm³/mol. The quantitative estimate of drug-likeness (QED) is 0.712. The minimum absolute atomic E-state index is 0.0764. The Kier molecular flexibility index (Phi) is 6.41. The molecule has 2 heterocycles. The van der Waals surface area contributed by atoms with Gasteiger partial charge in [-0.15, -0.1) is 5.10 Å². The summed E-state index contributed by atoms with van der Waals surface area (Å²) >= 11 is 0. The summed E-state index contributed by atoms with van der Waals surface area (Å²) in [6.07, 6.45) is 8.82. The largest absolute Gasteiger partial charge is 0.335 e. The topological polar surface area (TPSA) is 117 Å². The van der Waals surface area contributed by atoms with Gasteiger partial charge in [-0.1, -0.05) is 19.3 Å². The molecular weight excluding hydrogens is 384 g/mol. The monoisotopic (exact) mass is 412 g/mol. The molecule has 10 heteroatoms. The predicted octanol–water partition coefficient (Wildman–Crippen LogP) is 2.29. The zero-order chi connectivity index (χ0) is 20.8. The van der Waals surface area contributed by atoms with E-state index in [-0.39, 0.29) is 18.1 Å². The first-order valence-electron chi connectivity index (χ1n) is 10.6. The second kappa shape index (κ2) is 9.55. The Morgan fingerprint density at radius 2 is 1.57 bits per heavy atom. The Labute approximate surface area is 175 Å². The Balaban J connectivity index is 1.20. The zero-order valence-corrected chi connectivity index (χ0v) is 17.0. The van der Waals surface area contributed by atoms with Gasteiger partial charge in [-0.05, 0) is 60.4 Å². The maximum atomic E-state index is 12.6. The molecule has 4 amide bonds. The van der Waals surface area contributed by atoms with Crippen molar-refractivity contribution in [2.24, 2.45) is 0 Å². The molecule has 1 saturated heterocycles.